The molecule has 0 unspecified atom stereocenters. The summed E-state index contributed by atoms with van der Waals surface area (Å²) in [5.41, 5.74) is 2.49. The van der Waals surface area contributed by atoms with Crippen molar-refractivity contribution in [1.29, 1.82) is 0 Å². The number of nitrogens with zero attached hydrogens (tertiary/aromatic N) is 2. The van der Waals surface area contributed by atoms with Gasteiger partial charge in [-0.1, -0.05) is 6.07 Å². The maximum Gasteiger partial charge on any atom is 0.152 e. The van der Waals surface area contributed by atoms with E-state index in [1.807, 2.05) is 6.07 Å². The van der Waals surface area contributed by atoms with E-state index in [-0.39, 0.29) is 5.75 Å². The molecule has 0 aliphatic carbocycles. The second kappa shape index (κ2) is 5.69. The SMILES string of the molecule is O=S1(=O)CCCN(c2ccc3c(n2)CCNCC3)CC1. The molecule has 0 saturated carbocycles. The van der Waals surface area contributed by atoms with Crippen molar-refractivity contribution in [3.8, 4) is 0 Å². The third kappa shape index (κ3) is 3.12. The second-order valence-corrected chi connectivity index (χ2v) is 7.82. The Hall–Kier alpha value is -1.14. The van der Waals surface area contributed by atoms with Crippen LogP contribution in [0.3, 0.4) is 0 Å². The fraction of sp³-hybridized carbons (Fsp3) is 0.643. The van der Waals surface area contributed by atoms with Crippen molar-refractivity contribution < 1.29 is 8.42 Å². The molecule has 0 amide bonds. The molecule has 0 bridgehead atoms. The van der Waals surface area contributed by atoms with Gasteiger partial charge in [0.15, 0.2) is 9.84 Å². The molecule has 0 aromatic carbocycles. The lowest BCUT2D eigenvalue weighted by Crippen LogP contribution is -2.28. The van der Waals surface area contributed by atoms with Crippen molar-refractivity contribution in [2.24, 2.45) is 0 Å². The molecule has 0 spiro atoms. The van der Waals surface area contributed by atoms with Crippen molar-refractivity contribution in [3.05, 3.63) is 23.4 Å². The van der Waals surface area contributed by atoms with Gasteiger partial charge >= 0.3 is 0 Å². The predicted molar refractivity (Wildman–Crippen MR) is 80.0 cm³/mol. The fourth-order valence-corrected chi connectivity index (χ4v) is 4.13. The van der Waals surface area contributed by atoms with Crippen LogP contribution in [0.2, 0.25) is 0 Å². The van der Waals surface area contributed by atoms with Crippen molar-refractivity contribution in [3.63, 3.8) is 0 Å². The molecule has 1 fully saturated rings. The zero-order valence-electron chi connectivity index (χ0n) is 11.6. The largest absolute Gasteiger partial charge is 0.356 e. The molecular weight excluding hydrogens is 274 g/mol. The molecule has 6 heteroatoms. The molecule has 1 aromatic rings. The van der Waals surface area contributed by atoms with Gasteiger partial charge in [0.25, 0.3) is 0 Å². The average Bonchev–Trinajstić information content (AvgIpc) is 2.75. The lowest BCUT2D eigenvalue weighted by molar-refractivity contribution is 0.597. The highest BCUT2D eigenvalue weighted by Crippen LogP contribution is 2.19. The van der Waals surface area contributed by atoms with Crippen LogP contribution in [0.15, 0.2) is 12.1 Å². The van der Waals surface area contributed by atoms with Crippen molar-refractivity contribution in [1.82, 2.24) is 10.3 Å². The fourth-order valence-electron chi connectivity index (χ4n) is 2.86. The molecule has 20 heavy (non-hydrogen) atoms. The number of hydrogen-bond acceptors (Lipinski definition) is 5. The molecule has 3 rings (SSSR count). The lowest BCUT2D eigenvalue weighted by Gasteiger charge is -2.22. The summed E-state index contributed by atoms with van der Waals surface area (Å²) in [6, 6.07) is 4.20. The third-order valence-electron chi connectivity index (χ3n) is 4.04. The number of anilines is 1. The normalized spacial score (nSPS) is 22.7. The Bertz CT molecular complexity index is 586. The Balaban J connectivity index is 1.82. The summed E-state index contributed by atoms with van der Waals surface area (Å²) < 4.78 is 23.3. The molecule has 1 saturated heterocycles. The van der Waals surface area contributed by atoms with Crippen LogP contribution in [0.4, 0.5) is 5.82 Å². The Morgan fingerprint density at radius 3 is 2.85 bits per heavy atom. The minimum Gasteiger partial charge on any atom is -0.356 e. The van der Waals surface area contributed by atoms with Crippen LogP contribution in [0, 0.1) is 0 Å². The molecular formula is C14H21N3O2S. The van der Waals surface area contributed by atoms with Crippen LogP contribution in [-0.4, -0.2) is 51.1 Å². The maximum atomic E-state index is 11.7. The first kappa shape index (κ1) is 13.8. The number of hydrogen-bond donors (Lipinski definition) is 1. The van der Waals surface area contributed by atoms with Gasteiger partial charge in [0.05, 0.1) is 11.5 Å². The highest BCUT2D eigenvalue weighted by Gasteiger charge is 2.20. The monoisotopic (exact) mass is 295 g/mol. The first-order valence-electron chi connectivity index (χ1n) is 7.29. The van der Waals surface area contributed by atoms with E-state index in [2.05, 4.69) is 16.3 Å². The molecule has 1 N–H and O–H groups in total. The van der Waals surface area contributed by atoms with Gasteiger partial charge in [-0.25, -0.2) is 13.4 Å². The molecule has 2 aliphatic heterocycles. The summed E-state index contributed by atoms with van der Waals surface area (Å²) in [4.78, 5) is 6.89. The van der Waals surface area contributed by atoms with Gasteiger partial charge in [0.1, 0.15) is 5.82 Å². The predicted octanol–water partition coefficient (Wildman–Crippen LogP) is 0.395. The van der Waals surface area contributed by atoms with Crippen LogP contribution >= 0.6 is 0 Å². The quantitative estimate of drug-likeness (QED) is 0.812. The van der Waals surface area contributed by atoms with Crippen LogP contribution in [0.1, 0.15) is 17.7 Å². The Kier molecular flexibility index (Phi) is 3.94. The standard InChI is InChI=1S/C14H21N3O2S/c18-20(19)10-1-8-17(9-11-20)14-3-2-12-4-6-15-7-5-13(12)16-14/h2-3,15H,1,4-11H2. The van der Waals surface area contributed by atoms with Crippen molar-refractivity contribution in [2.75, 3.05) is 42.6 Å². The summed E-state index contributed by atoms with van der Waals surface area (Å²) in [7, 11) is -2.86. The zero-order chi connectivity index (χ0) is 14.0. The van der Waals surface area contributed by atoms with Crippen molar-refractivity contribution in [2.45, 2.75) is 19.3 Å². The highest BCUT2D eigenvalue weighted by molar-refractivity contribution is 7.91. The maximum absolute atomic E-state index is 11.7. The zero-order valence-corrected chi connectivity index (χ0v) is 12.5. The molecule has 2 aliphatic rings. The van der Waals surface area contributed by atoms with Gasteiger partial charge < -0.3 is 10.2 Å². The first-order chi connectivity index (χ1) is 9.64. The number of aromatic nitrogens is 1. The Morgan fingerprint density at radius 2 is 1.95 bits per heavy atom. The van der Waals surface area contributed by atoms with Crippen LogP contribution in [-0.2, 0) is 22.7 Å². The van der Waals surface area contributed by atoms with E-state index in [0.29, 0.717) is 18.7 Å². The average molecular weight is 295 g/mol. The third-order valence-corrected chi connectivity index (χ3v) is 5.76. The molecule has 0 radical (unpaired) electrons. The lowest BCUT2D eigenvalue weighted by atomic mass is 10.1. The second-order valence-electron chi connectivity index (χ2n) is 5.52. The highest BCUT2D eigenvalue weighted by atomic mass is 32.2. The summed E-state index contributed by atoms with van der Waals surface area (Å²) in [6.07, 6.45) is 2.68. The molecule has 3 heterocycles. The van der Waals surface area contributed by atoms with Gasteiger partial charge in [0, 0.05) is 31.7 Å². The summed E-state index contributed by atoms with van der Waals surface area (Å²) in [5.74, 6) is 1.48. The van der Waals surface area contributed by atoms with E-state index in [0.717, 1.165) is 38.3 Å². The van der Waals surface area contributed by atoms with Crippen LogP contribution in [0.5, 0.6) is 0 Å². The van der Waals surface area contributed by atoms with Crippen LogP contribution < -0.4 is 10.2 Å². The van der Waals surface area contributed by atoms with E-state index in [1.165, 1.54) is 11.3 Å². The summed E-state index contributed by atoms with van der Waals surface area (Å²) in [6.45, 7) is 3.32. The van der Waals surface area contributed by atoms with Gasteiger partial charge in [-0.05, 0) is 31.0 Å². The molecule has 1 aromatic heterocycles. The van der Waals surface area contributed by atoms with Gasteiger partial charge in [0.2, 0.25) is 0 Å². The Morgan fingerprint density at radius 1 is 1.10 bits per heavy atom. The first-order valence-corrected chi connectivity index (χ1v) is 9.11. The smallest absolute Gasteiger partial charge is 0.152 e. The molecule has 110 valence electrons. The van der Waals surface area contributed by atoms with E-state index < -0.39 is 9.84 Å². The van der Waals surface area contributed by atoms with Crippen molar-refractivity contribution >= 4 is 15.7 Å². The number of rotatable bonds is 1. The minimum atomic E-state index is -2.86. The topological polar surface area (TPSA) is 62.3 Å². The van der Waals surface area contributed by atoms with E-state index in [1.54, 1.807) is 0 Å². The number of sulfone groups is 1. The summed E-state index contributed by atoms with van der Waals surface area (Å²) in [5, 5.41) is 3.38. The minimum absolute atomic E-state index is 0.243. The van der Waals surface area contributed by atoms with E-state index in [9.17, 15) is 8.42 Å². The number of fused-ring (bicyclic) bond motifs is 1. The van der Waals surface area contributed by atoms with Gasteiger partial charge in [-0.15, -0.1) is 0 Å². The molecule has 0 atom stereocenters. The number of nitrogens with one attached hydrogen (secondary N) is 1. The van der Waals surface area contributed by atoms with Gasteiger partial charge in [-0.3, -0.25) is 0 Å². The molecule has 5 nitrogen and oxygen atoms in total. The van der Waals surface area contributed by atoms with E-state index in [4.69, 9.17) is 4.98 Å². The summed E-state index contributed by atoms with van der Waals surface area (Å²) >= 11 is 0. The van der Waals surface area contributed by atoms with Crippen LogP contribution in [0.25, 0.3) is 0 Å². The Labute approximate surface area is 120 Å². The number of pyridine rings is 1. The van der Waals surface area contributed by atoms with E-state index >= 15 is 0 Å². The van der Waals surface area contributed by atoms with Gasteiger partial charge in [-0.2, -0.15) is 0 Å².